The number of hydrogen-bond donors (Lipinski definition) is 1. The minimum absolute atomic E-state index is 0.195. The number of hydrogen-bond acceptors (Lipinski definition) is 7. The van der Waals surface area contributed by atoms with E-state index in [0.29, 0.717) is 16.9 Å². The zero-order valence-electron chi connectivity index (χ0n) is 10.9. The molecule has 0 amide bonds. The van der Waals surface area contributed by atoms with Crippen LogP contribution in [0.1, 0.15) is 11.1 Å². The Morgan fingerprint density at radius 2 is 2.24 bits per heavy atom. The molecule has 2 N–H and O–H groups in total. The van der Waals surface area contributed by atoms with Gasteiger partial charge in [0.2, 0.25) is 5.88 Å². The Hall–Kier alpha value is -2.85. The highest BCUT2D eigenvalue weighted by atomic mass is 35.5. The summed E-state index contributed by atoms with van der Waals surface area (Å²) in [6.45, 7) is 0. The van der Waals surface area contributed by atoms with Crippen molar-refractivity contribution in [2.75, 3.05) is 12.8 Å². The van der Waals surface area contributed by atoms with Gasteiger partial charge in [-0.2, -0.15) is 5.26 Å². The number of halogens is 1. The average molecular weight is 304 g/mol. The number of nitriles is 1. The zero-order chi connectivity index (χ0) is 15.2. The highest BCUT2D eigenvalue weighted by Gasteiger charge is 2.11. The molecule has 1 aromatic carbocycles. The van der Waals surface area contributed by atoms with Crippen LogP contribution < -0.4 is 10.5 Å². The van der Waals surface area contributed by atoms with E-state index in [0.717, 1.165) is 0 Å². The fourth-order valence-corrected chi connectivity index (χ4v) is 1.67. The van der Waals surface area contributed by atoms with Crippen molar-refractivity contribution in [3.8, 4) is 17.7 Å². The minimum Gasteiger partial charge on any atom is -0.438 e. The van der Waals surface area contributed by atoms with Gasteiger partial charge in [0.05, 0.1) is 16.8 Å². The quantitative estimate of drug-likeness (QED) is 0.686. The normalized spacial score (nSPS) is 10.3. The van der Waals surface area contributed by atoms with Gasteiger partial charge in [0.25, 0.3) is 0 Å². The van der Waals surface area contributed by atoms with Gasteiger partial charge in [-0.05, 0) is 12.1 Å². The number of nitrogens with zero attached hydrogens (tertiary/aromatic N) is 4. The summed E-state index contributed by atoms with van der Waals surface area (Å²) in [5, 5.41) is 12.7. The van der Waals surface area contributed by atoms with Crippen LogP contribution in [0.4, 0.5) is 5.82 Å². The molecule has 106 valence electrons. The van der Waals surface area contributed by atoms with E-state index >= 15 is 0 Å². The predicted molar refractivity (Wildman–Crippen MR) is 77.3 cm³/mol. The third-order valence-corrected chi connectivity index (χ3v) is 2.75. The van der Waals surface area contributed by atoms with Gasteiger partial charge in [0.1, 0.15) is 36.6 Å². The molecule has 0 fully saturated rings. The minimum atomic E-state index is 0.195. The van der Waals surface area contributed by atoms with Gasteiger partial charge in [-0.25, -0.2) is 9.97 Å². The van der Waals surface area contributed by atoms with Crippen LogP contribution in [-0.2, 0) is 4.84 Å². The molecule has 21 heavy (non-hydrogen) atoms. The maximum atomic E-state index is 8.83. The van der Waals surface area contributed by atoms with E-state index in [-0.39, 0.29) is 16.7 Å². The molecule has 0 spiro atoms. The lowest BCUT2D eigenvalue weighted by Crippen LogP contribution is -2.02. The number of nitrogens with two attached hydrogens (primary N) is 1. The second-order valence-corrected chi connectivity index (χ2v) is 4.16. The average Bonchev–Trinajstić information content (AvgIpc) is 2.47. The van der Waals surface area contributed by atoms with Gasteiger partial charge < -0.3 is 15.3 Å². The number of ether oxygens (including phenoxy) is 1. The smallest absolute Gasteiger partial charge is 0.233 e. The van der Waals surface area contributed by atoms with Crippen molar-refractivity contribution in [2.45, 2.75) is 0 Å². The van der Waals surface area contributed by atoms with Crippen molar-refractivity contribution in [1.29, 1.82) is 5.26 Å². The molecule has 0 bridgehead atoms. The lowest BCUT2D eigenvalue weighted by Gasteiger charge is -2.08. The van der Waals surface area contributed by atoms with Gasteiger partial charge in [0.15, 0.2) is 0 Å². The molecule has 2 rings (SSSR count). The predicted octanol–water partition coefficient (Wildman–Crippen LogP) is 2.36. The van der Waals surface area contributed by atoms with Crippen molar-refractivity contribution >= 4 is 23.6 Å². The first-order valence-electron chi connectivity index (χ1n) is 5.70. The molecule has 0 radical (unpaired) electrons. The maximum absolute atomic E-state index is 8.83. The Labute approximate surface area is 125 Å². The molecule has 0 atom stereocenters. The lowest BCUT2D eigenvalue weighted by molar-refractivity contribution is 0.215. The highest BCUT2D eigenvalue weighted by Crippen LogP contribution is 2.28. The molecule has 0 unspecified atom stereocenters. The molecular formula is C13H10ClN5O2. The van der Waals surface area contributed by atoms with Crippen LogP contribution in [0.5, 0.6) is 11.6 Å². The number of anilines is 1. The molecule has 0 aliphatic heterocycles. The van der Waals surface area contributed by atoms with E-state index in [4.69, 9.17) is 27.3 Å². The van der Waals surface area contributed by atoms with Crippen LogP contribution in [0, 0.1) is 11.3 Å². The molecule has 1 heterocycles. The van der Waals surface area contributed by atoms with E-state index in [1.54, 1.807) is 12.1 Å². The third kappa shape index (κ3) is 3.38. The number of aromatic nitrogens is 2. The topological polar surface area (TPSA) is 106 Å². The van der Waals surface area contributed by atoms with Gasteiger partial charge >= 0.3 is 0 Å². The summed E-state index contributed by atoms with van der Waals surface area (Å²) in [4.78, 5) is 12.4. The fraction of sp³-hybridized carbons (Fsp3) is 0.0769. The first kappa shape index (κ1) is 14.6. The molecule has 0 aliphatic carbocycles. The Morgan fingerprint density at radius 3 is 2.90 bits per heavy atom. The molecular weight excluding hydrogens is 294 g/mol. The van der Waals surface area contributed by atoms with Crippen molar-refractivity contribution in [3.05, 3.63) is 40.7 Å². The molecule has 0 saturated heterocycles. The van der Waals surface area contributed by atoms with Crippen LogP contribution in [0.3, 0.4) is 0 Å². The van der Waals surface area contributed by atoms with Crippen molar-refractivity contribution < 1.29 is 9.57 Å². The summed E-state index contributed by atoms with van der Waals surface area (Å²) < 4.78 is 5.60. The summed E-state index contributed by atoms with van der Waals surface area (Å²) in [6, 6.07) is 6.62. The Morgan fingerprint density at radius 1 is 1.43 bits per heavy atom. The van der Waals surface area contributed by atoms with E-state index < -0.39 is 0 Å². The lowest BCUT2D eigenvalue weighted by atomic mass is 10.2. The first-order valence-corrected chi connectivity index (χ1v) is 6.08. The Bertz CT molecular complexity index is 727. The third-order valence-electron chi connectivity index (χ3n) is 2.44. The van der Waals surface area contributed by atoms with Crippen LogP contribution in [0.25, 0.3) is 0 Å². The fourth-order valence-electron chi connectivity index (χ4n) is 1.46. The summed E-state index contributed by atoms with van der Waals surface area (Å²) in [5.74, 6) is 0.800. The molecule has 7 nitrogen and oxygen atoms in total. The first-order chi connectivity index (χ1) is 10.2. The van der Waals surface area contributed by atoms with Crippen LogP contribution >= 0.6 is 11.6 Å². The molecule has 8 heteroatoms. The summed E-state index contributed by atoms with van der Waals surface area (Å²) in [6.07, 6.45) is 2.61. The second kappa shape index (κ2) is 6.54. The molecule has 0 saturated carbocycles. The number of benzene rings is 1. The SMILES string of the molecule is CON=Cc1c(N)ncnc1Oc1ccc(C#N)c(Cl)c1. The summed E-state index contributed by atoms with van der Waals surface area (Å²) >= 11 is 5.94. The number of nitrogen functional groups attached to an aromatic ring is 1. The largest absolute Gasteiger partial charge is 0.438 e. The monoisotopic (exact) mass is 303 g/mol. The maximum Gasteiger partial charge on any atom is 0.233 e. The van der Waals surface area contributed by atoms with Crippen LogP contribution in [-0.4, -0.2) is 23.3 Å². The van der Waals surface area contributed by atoms with Gasteiger partial charge in [-0.15, -0.1) is 0 Å². The molecule has 1 aromatic heterocycles. The van der Waals surface area contributed by atoms with Crippen LogP contribution in [0.2, 0.25) is 5.02 Å². The van der Waals surface area contributed by atoms with Crippen molar-refractivity contribution in [2.24, 2.45) is 5.16 Å². The number of rotatable bonds is 4. The highest BCUT2D eigenvalue weighted by molar-refractivity contribution is 6.31. The van der Waals surface area contributed by atoms with Gasteiger partial charge in [0, 0.05) is 6.07 Å². The molecule has 2 aromatic rings. The van der Waals surface area contributed by atoms with Crippen LogP contribution in [0.15, 0.2) is 29.7 Å². The summed E-state index contributed by atoms with van der Waals surface area (Å²) in [7, 11) is 1.40. The zero-order valence-corrected chi connectivity index (χ0v) is 11.7. The van der Waals surface area contributed by atoms with Crippen molar-refractivity contribution in [1.82, 2.24) is 9.97 Å². The van der Waals surface area contributed by atoms with Gasteiger partial charge in [-0.1, -0.05) is 16.8 Å². The van der Waals surface area contributed by atoms with E-state index in [1.165, 1.54) is 25.7 Å². The van der Waals surface area contributed by atoms with Gasteiger partial charge in [-0.3, -0.25) is 0 Å². The van der Waals surface area contributed by atoms with E-state index in [2.05, 4.69) is 20.0 Å². The second-order valence-electron chi connectivity index (χ2n) is 3.75. The molecule has 0 aliphatic rings. The number of oxime groups is 1. The summed E-state index contributed by atoms with van der Waals surface area (Å²) in [5.41, 5.74) is 6.47. The van der Waals surface area contributed by atoms with E-state index in [1.807, 2.05) is 6.07 Å². The van der Waals surface area contributed by atoms with E-state index in [9.17, 15) is 0 Å². The Balaban J connectivity index is 2.36. The van der Waals surface area contributed by atoms with Crippen molar-refractivity contribution in [3.63, 3.8) is 0 Å². The Kier molecular flexibility index (Phi) is 4.53. The standard InChI is InChI=1S/C13H10ClN5O2/c1-20-19-6-10-12(16)17-7-18-13(10)21-9-3-2-8(5-15)11(14)4-9/h2-4,6-7H,1H3,(H2,16,17,18).